The Kier molecular flexibility index (Phi) is 4.82. The maximum absolute atomic E-state index is 12.6. The summed E-state index contributed by atoms with van der Waals surface area (Å²) < 4.78 is 12.6. The first-order valence-electron chi connectivity index (χ1n) is 5.59. The number of hydrogen-bond acceptors (Lipinski definition) is 2. The SMILES string of the molecule is CCC(=O)C(C)NC(=O)Cc1ccc(F)cc1. The monoisotopic (exact) mass is 237 g/mol. The molecule has 1 atom stereocenters. The zero-order valence-corrected chi connectivity index (χ0v) is 10.00. The van der Waals surface area contributed by atoms with Crippen molar-refractivity contribution in [2.24, 2.45) is 0 Å². The summed E-state index contributed by atoms with van der Waals surface area (Å²) in [4.78, 5) is 22.9. The lowest BCUT2D eigenvalue weighted by atomic mass is 10.1. The maximum atomic E-state index is 12.6. The van der Waals surface area contributed by atoms with Gasteiger partial charge in [0.1, 0.15) is 5.82 Å². The first-order valence-corrected chi connectivity index (χ1v) is 5.59. The van der Waals surface area contributed by atoms with Crippen LogP contribution >= 0.6 is 0 Å². The summed E-state index contributed by atoms with van der Waals surface area (Å²) in [6.07, 6.45) is 0.555. The molecular weight excluding hydrogens is 221 g/mol. The number of benzene rings is 1. The van der Waals surface area contributed by atoms with Crippen molar-refractivity contribution in [1.29, 1.82) is 0 Å². The summed E-state index contributed by atoms with van der Waals surface area (Å²) in [7, 11) is 0. The highest BCUT2D eigenvalue weighted by Gasteiger charge is 2.13. The van der Waals surface area contributed by atoms with E-state index >= 15 is 0 Å². The van der Waals surface area contributed by atoms with Crippen LogP contribution in [-0.2, 0) is 16.0 Å². The van der Waals surface area contributed by atoms with Crippen LogP contribution in [-0.4, -0.2) is 17.7 Å². The minimum atomic E-state index is -0.465. The lowest BCUT2D eigenvalue weighted by Gasteiger charge is -2.11. The second-order valence-electron chi connectivity index (χ2n) is 3.91. The third kappa shape index (κ3) is 4.34. The highest BCUT2D eigenvalue weighted by molar-refractivity contribution is 5.89. The van der Waals surface area contributed by atoms with E-state index in [2.05, 4.69) is 5.32 Å². The number of hydrogen-bond donors (Lipinski definition) is 1. The van der Waals surface area contributed by atoms with E-state index in [0.717, 1.165) is 5.56 Å². The zero-order chi connectivity index (χ0) is 12.8. The molecule has 0 fully saturated rings. The quantitative estimate of drug-likeness (QED) is 0.849. The molecule has 3 nitrogen and oxygen atoms in total. The van der Waals surface area contributed by atoms with E-state index in [1.807, 2.05) is 0 Å². The summed E-state index contributed by atoms with van der Waals surface area (Å²) in [5.41, 5.74) is 0.722. The summed E-state index contributed by atoms with van der Waals surface area (Å²) in [5.74, 6) is -0.563. The predicted molar refractivity (Wildman–Crippen MR) is 63.0 cm³/mol. The predicted octanol–water partition coefficient (Wildman–Crippen LogP) is 1.85. The molecule has 0 bridgehead atoms. The first-order chi connectivity index (χ1) is 8.02. The van der Waals surface area contributed by atoms with Gasteiger partial charge in [-0.15, -0.1) is 0 Å². The van der Waals surface area contributed by atoms with Gasteiger partial charge < -0.3 is 5.32 Å². The second-order valence-corrected chi connectivity index (χ2v) is 3.91. The molecule has 92 valence electrons. The van der Waals surface area contributed by atoms with Crippen LogP contribution in [0.25, 0.3) is 0 Å². The number of nitrogens with one attached hydrogen (secondary N) is 1. The van der Waals surface area contributed by atoms with Gasteiger partial charge in [0, 0.05) is 6.42 Å². The number of Topliss-reactive ketones (excluding diaryl/α,β-unsaturated/α-hetero) is 1. The van der Waals surface area contributed by atoms with E-state index < -0.39 is 6.04 Å². The van der Waals surface area contributed by atoms with E-state index in [1.54, 1.807) is 26.0 Å². The smallest absolute Gasteiger partial charge is 0.224 e. The van der Waals surface area contributed by atoms with Gasteiger partial charge in [-0.05, 0) is 24.6 Å². The molecule has 1 amide bonds. The maximum Gasteiger partial charge on any atom is 0.224 e. The molecule has 0 aliphatic heterocycles. The molecule has 17 heavy (non-hydrogen) atoms. The fourth-order valence-corrected chi connectivity index (χ4v) is 1.47. The number of ketones is 1. The van der Waals surface area contributed by atoms with Crippen LogP contribution in [0.5, 0.6) is 0 Å². The van der Waals surface area contributed by atoms with Crippen LogP contribution in [0.2, 0.25) is 0 Å². The third-order valence-corrected chi connectivity index (χ3v) is 2.49. The molecule has 1 rings (SSSR count). The Morgan fingerprint density at radius 3 is 2.41 bits per heavy atom. The van der Waals surface area contributed by atoms with Gasteiger partial charge in [-0.2, -0.15) is 0 Å². The minimum Gasteiger partial charge on any atom is -0.346 e. The Labute approximate surface area is 100 Å². The molecule has 0 radical (unpaired) electrons. The van der Waals surface area contributed by atoms with E-state index in [-0.39, 0.29) is 23.9 Å². The molecule has 0 aliphatic carbocycles. The van der Waals surface area contributed by atoms with Crippen LogP contribution in [0.4, 0.5) is 4.39 Å². The van der Waals surface area contributed by atoms with Gasteiger partial charge in [-0.25, -0.2) is 4.39 Å². The van der Waals surface area contributed by atoms with E-state index in [0.29, 0.717) is 6.42 Å². The number of halogens is 1. The Hall–Kier alpha value is -1.71. The number of carbonyl (C=O) groups is 2. The van der Waals surface area contributed by atoms with Gasteiger partial charge in [-0.3, -0.25) is 9.59 Å². The number of rotatable bonds is 5. The molecule has 1 N–H and O–H groups in total. The molecule has 1 aromatic carbocycles. The normalized spacial score (nSPS) is 11.9. The molecule has 0 spiro atoms. The van der Waals surface area contributed by atoms with E-state index in [9.17, 15) is 14.0 Å². The van der Waals surface area contributed by atoms with Crippen molar-refractivity contribution in [1.82, 2.24) is 5.32 Å². The molecule has 1 aromatic rings. The Bertz CT molecular complexity index is 400. The molecule has 0 saturated heterocycles. The van der Waals surface area contributed by atoms with Crippen molar-refractivity contribution in [3.8, 4) is 0 Å². The molecule has 0 heterocycles. The average molecular weight is 237 g/mol. The Balaban J connectivity index is 2.50. The minimum absolute atomic E-state index is 0.00236. The fourth-order valence-electron chi connectivity index (χ4n) is 1.47. The standard InChI is InChI=1S/C13H16FNO2/c1-3-12(16)9(2)15-13(17)8-10-4-6-11(14)7-5-10/h4-7,9H,3,8H2,1-2H3,(H,15,17). The van der Waals surface area contributed by atoms with Crippen molar-refractivity contribution in [3.05, 3.63) is 35.6 Å². The Morgan fingerprint density at radius 2 is 1.88 bits per heavy atom. The van der Waals surface area contributed by atoms with Crippen LogP contribution in [0.3, 0.4) is 0 Å². The Morgan fingerprint density at radius 1 is 1.29 bits per heavy atom. The highest BCUT2D eigenvalue weighted by atomic mass is 19.1. The molecule has 0 saturated carbocycles. The van der Waals surface area contributed by atoms with Gasteiger partial charge in [0.2, 0.25) is 5.91 Å². The zero-order valence-electron chi connectivity index (χ0n) is 10.00. The molecule has 1 unspecified atom stereocenters. The van der Waals surface area contributed by atoms with Crippen molar-refractivity contribution in [2.45, 2.75) is 32.7 Å². The van der Waals surface area contributed by atoms with Crippen molar-refractivity contribution in [3.63, 3.8) is 0 Å². The van der Waals surface area contributed by atoms with Gasteiger partial charge in [0.05, 0.1) is 12.5 Å². The van der Waals surface area contributed by atoms with Crippen LogP contribution < -0.4 is 5.32 Å². The van der Waals surface area contributed by atoms with Gasteiger partial charge >= 0.3 is 0 Å². The van der Waals surface area contributed by atoms with Gasteiger partial charge in [-0.1, -0.05) is 19.1 Å². The largest absolute Gasteiger partial charge is 0.346 e. The van der Waals surface area contributed by atoms with Crippen LogP contribution in [0.1, 0.15) is 25.8 Å². The lowest BCUT2D eigenvalue weighted by Crippen LogP contribution is -2.39. The van der Waals surface area contributed by atoms with Gasteiger partial charge in [0.25, 0.3) is 0 Å². The van der Waals surface area contributed by atoms with E-state index in [1.165, 1.54) is 12.1 Å². The summed E-state index contributed by atoms with van der Waals surface area (Å²) >= 11 is 0. The van der Waals surface area contributed by atoms with Crippen LogP contribution in [0.15, 0.2) is 24.3 Å². The molecule has 0 aliphatic rings. The summed E-state index contributed by atoms with van der Waals surface area (Å²) in [6, 6.07) is 5.27. The topological polar surface area (TPSA) is 46.2 Å². The summed E-state index contributed by atoms with van der Waals surface area (Å²) in [5, 5.41) is 2.61. The van der Waals surface area contributed by atoms with Crippen molar-refractivity contribution >= 4 is 11.7 Å². The molecular formula is C13H16FNO2. The first kappa shape index (κ1) is 13.4. The lowest BCUT2D eigenvalue weighted by molar-refractivity contribution is -0.126. The number of amides is 1. The van der Waals surface area contributed by atoms with Crippen molar-refractivity contribution < 1.29 is 14.0 Å². The molecule has 0 aromatic heterocycles. The van der Waals surface area contributed by atoms with Gasteiger partial charge in [0.15, 0.2) is 5.78 Å². The third-order valence-electron chi connectivity index (χ3n) is 2.49. The van der Waals surface area contributed by atoms with Crippen LogP contribution in [0, 0.1) is 5.82 Å². The highest BCUT2D eigenvalue weighted by Crippen LogP contribution is 2.03. The molecule has 4 heteroatoms. The summed E-state index contributed by atoms with van der Waals surface area (Å²) in [6.45, 7) is 3.42. The van der Waals surface area contributed by atoms with Crippen molar-refractivity contribution in [2.75, 3.05) is 0 Å². The fraction of sp³-hybridized carbons (Fsp3) is 0.385. The second kappa shape index (κ2) is 6.13. The average Bonchev–Trinajstić information content (AvgIpc) is 2.30. The van der Waals surface area contributed by atoms with E-state index in [4.69, 9.17) is 0 Å². The number of carbonyl (C=O) groups excluding carboxylic acids is 2.